The highest BCUT2D eigenvalue weighted by atomic mass is 16.4. The summed E-state index contributed by atoms with van der Waals surface area (Å²) in [5.41, 5.74) is 0. The van der Waals surface area contributed by atoms with E-state index in [1.165, 1.54) is 7.05 Å². The van der Waals surface area contributed by atoms with Gasteiger partial charge in [-0.3, -0.25) is 4.79 Å². The largest absolute Gasteiger partial charge is 0.481 e. The molecule has 2 atom stereocenters. The molecule has 5 heteroatoms. The predicted octanol–water partition coefficient (Wildman–Crippen LogP) is 0.169. The van der Waals surface area contributed by atoms with Gasteiger partial charge in [-0.15, -0.1) is 0 Å². The average Bonchev–Trinajstić information content (AvgIpc) is 2.52. The Labute approximate surface area is 76.5 Å². The Hall–Kier alpha value is -1.26. The molecule has 74 valence electrons. The van der Waals surface area contributed by atoms with Crippen molar-refractivity contribution in [3.05, 3.63) is 0 Å². The molecular formula is C8H14N2O3. The van der Waals surface area contributed by atoms with Crippen molar-refractivity contribution < 1.29 is 14.7 Å². The Kier molecular flexibility index (Phi) is 3.11. The molecule has 0 aromatic rings. The molecule has 0 aliphatic heterocycles. The lowest BCUT2D eigenvalue weighted by atomic mass is 10.0. The van der Waals surface area contributed by atoms with Crippen molar-refractivity contribution in [2.75, 3.05) is 7.05 Å². The van der Waals surface area contributed by atoms with E-state index in [0.29, 0.717) is 6.42 Å². The van der Waals surface area contributed by atoms with Crippen molar-refractivity contribution in [1.29, 1.82) is 0 Å². The second kappa shape index (κ2) is 4.11. The van der Waals surface area contributed by atoms with Crippen LogP contribution in [0.4, 0.5) is 4.79 Å². The molecule has 0 bridgehead atoms. The second-order valence-corrected chi connectivity index (χ2v) is 3.21. The fourth-order valence-electron chi connectivity index (χ4n) is 1.67. The monoisotopic (exact) mass is 186 g/mol. The molecule has 3 N–H and O–H groups in total. The first-order valence-electron chi connectivity index (χ1n) is 4.36. The highest BCUT2D eigenvalue weighted by molar-refractivity contribution is 5.76. The summed E-state index contributed by atoms with van der Waals surface area (Å²) < 4.78 is 0. The fraction of sp³-hybridized carbons (Fsp3) is 0.750. The molecule has 0 saturated heterocycles. The van der Waals surface area contributed by atoms with Crippen LogP contribution in [0.5, 0.6) is 0 Å². The van der Waals surface area contributed by atoms with E-state index in [4.69, 9.17) is 5.11 Å². The zero-order valence-corrected chi connectivity index (χ0v) is 7.54. The number of nitrogens with one attached hydrogen (secondary N) is 2. The minimum atomic E-state index is -0.820. The number of carboxylic acids is 1. The van der Waals surface area contributed by atoms with Crippen molar-refractivity contribution in [2.24, 2.45) is 5.92 Å². The molecule has 5 nitrogen and oxygen atoms in total. The maximum Gasteiger partial charge on any atom is 0.314 e. The van der Waals surface area contributed by atoms with Crippen LogP contribution in [0.25, 0.3) is 0 Å². The van der Waals surface area contributed by atoms with Crippen LogP contribution >= 0.6 is 0 Å². The van der Waals surface area contributed by atoms with Crippen LogP contribution in [0.3, 0.4) is 0 Å². The van der Waals surface area contributed by atoms with Crippen LogP contribution in [-0.2, 0) is 4.79 Å². The van der Waals surface area contributed by atoms with Gasteiger partial charge in [0, 0.05) is 13.1 Å². The number of aliphatic carboxylic acids is 1. The Morgan fingerprint density at radius 3 is 2.62 bits per heavy atom. The van der Waals surface area contributed by atoms with E-state index >= 15 is 0 Å². The Morgan fingerprint density at radius 1 is 1.38 bits per heavy atom. The van der Waals surface area contributed by atoms with Gasteiger partial charge in [-0.05, 0) is 12.8 Å². The molecule has 1 aliphatic rings. The summed E-state index contributed by atoms with van der Waals surface area (Å²) in [5, 5.41) is 13.8. The zero-order chi connectivity index (χ0) is 9.84. The third kappa shape index (κ3) is 2.34. The number of hydrogen-bond acceptors (Lipinski definition) is 2. The molecular weight excluding hydrogens is 172 g/mol. The van der Waals surface area contributed by atoms with Gasteiger partial charge in [-0.2, -0.15) is 0 Å². The van der Waals surface area contributed by atoms with Crippen LogP contribution < -0.4 is 10.6 Å². The van der Waals surface area contributed by atoms with E-state index in [1.807, 2.05) is 0 Å². The highest BCUT2D eigenvalue weighted by Gasteiger charge is 2.33. The van der Waals surface area contributed by atoms with Crippen LogP contribution in [0.2, 0.25) is 0 Å². The molecule has 2 unspecified atom stereocenters. The lowest BCUT2D eigenvalue weighted by Gasteiger charge is -2.16. The van der Waals surface area contributed by atoms with Gasteiger partial charge in [0.2, 0.25) is 0 Å². The first-order valence-corrected chi connectivity index (χ1v) is 4.36. The normalized spacial score (nSPS) is 26.8. The van der Waals surface area contributed by atoms with Crippen LogP contribution in [0, 0.1) is 5.92 Å². The molecule has 13 heavy (non-hydrogen) atoms. The van der Waals surface area contributed by atoms with Gasteiger partial charge in [0.25, 0.3) is 0 Å². The summed E-state index contributed by atoms with van der Waals surface area (Å²) in [7, 11) is 1.51. The van der Waals surface area contributed by atoms with Crippen molar-refractivity contribution in [2.45, 2.75) is 25.3 Å². The van der Waals surface area contributed by atoms with Gasteiger partial charge in [0.15, 0.2) is 0 Å². The van der Waals surface area contributed by atoms with Crippen LogP contribution in [0.15, 0.2) is 0 Å². The van der Waals surface area contributed by atoms with Crippen molar-refractivity contribution in [3.8, 4) is 0 Å². The number of carboxylic acid groups (broad SMARTS) is 1. The fourth-order valence-corrected chi connectivity index (χ4v) is 1.67. The van der Waals surface area contributed by atoms with Gasteiger partial charge in [0.05, 0.1) is 5.92 Å². The Balaban J connectivity index is 2.48. The smallest absolute Gasteiger partial charge is 0.314 e. The number of carbonyl (C=O) groups is 2. The quantitative estimate of drug-likeness (QED) is 0.575. The lowest BCUT2D eigenvalue weighted by Crippen LogP contribution is -2.44. The maximum atomic E-state index is 10.9. The van der Waals surface area contributed by atoms with Gasteiger partial charge in [0.1, 0.15) is 0 Å². The van der Waals surface area contributed by atoms with E-state index in [0.717, 1.165) is 12.8 Å². The van der Waals surface area contributed by atoms with Gasteiger partial charge < -0.3 is 15.7 Å². The van der Waals surface area contributed by atoms with Crippen molar-refractivity contribution >= 4 is 12.0 Å². The van der Waals surface area contributed by atoms with E-state index in [2.05, 4.69) is 10.6 Å². The summed E-state index contributed by atoms with van der Waals surface area (Å²) in [6.45, 7) is 0. The minimum absolute atomic E-state index is 0.211. The molecule has 1 aliphatic carbocycles. The topological polar surface area (TPSA) is 78.4 Å². The average molecular weight is 186 g/mol. The molecule has 0 aromatic carbocycles. The standard InChI is InChI=1S/C8H14N2O3/c1-9-8(13)10-6-4-2-3-5(6)7(11)12/h5-6H,2-4H2,1H3,(H,11,12)(H2,9,10,13). The van der Waals surface area contributed by atoms with Crippen LogP contribution in [-0.4, -0.2) is 30.2 Å². The van der Waals surface area contributed by atoms with Crippen molar-refractivity contribution in [3.63, 3.8) is 0 Å². The number of rotatable bonds is 2. The Bertz CT molecular complexity index is 217. The maximum absolute atomic E-state index is 10.9. The third-order valence-electron chi connectivity index (χ3n) is 2.38. The van der Waals surface area contributed by atoms with E-state index < -0.39 is 11.9 Å². The first-order chi connectivity index (χ1) is 6.15. The van der Waals surface area contributed by atoms with E-state index in [1.54, 1.807) is 0 Å². The second-order valence-electron chi connectivity index (χ2n) is 3.21. The molecule has 0 aromatic heterocycles. The number of amides is 2. The molecule has 0 heterocycles. The molecule has 1 saturated carbocycles. The summed E-state index contributed by atoms with van der Waals surface area (Å²) in [6.07, 6.45) is 2.28. The minimum Gasteiger partial charge on any atom is -0.481 e. The highest BCUT2D eigenvalue weighted by Crippen LogP contribution is 2.25. The van der Waals surface area contributed by atoms with Gasteiger partial charge in [-0.1, -0.05) is 6.42 Å². The van der Waals surface area contributed by atoms with Gasteiger partial charge >= 0.3 is 12.0 Å². The molecule has 1 rings (SSSR count). The number of carbonyl (C=O) groups excluding carboxylic acids is 1. The molecule has 0 radical (unpaired) electrons. The summed E-state index contributed by atoms with van der Waals surface area (Å²) in [4.78, 5) is 21.6. The molecule has 1 fully saturated rings. The first kappa shape index (κ1) is 9.83. The number of urea groups is 1. The SMILES string of the molecule is CNC(=O)NC1CCCC1C(=O)O. The predicted molar refractivity (Wildman–Crippen MR) is 46.4 cm³/mol. The van der Waals surface area contributed by atoms with Crippen molar-refractivity contribution in [1.82, 2.24) is 10.6 Å². The zero-order valence-electron chi connectivity index (χ0n) is 7.54. The van der Waals surface area contributed by atoms with E-state index in [9.17, 15) is 9.59 Å². The lowest BCUT2D eigenvalue weighted by molar-refractivity contribution is -0.142. The molecule has 2 amide bonds. The molecule has 0 spiro atoms. The Morgan fingerprint density at radius 2 is 2.08 bits per heavy atom. The van der Waals surface area contributed by atoms with Gasteiger partial charge in [-0.25, -0.2) is 4.79 Å². The summed E-state index contributed by atoms with van der Waals surface area (Å²) >= 11 is 0. The van der Waals surface area contributed by atoms with Crippen LogP contribution in [0.1, 0.15) is 19.3 Å². The van der Waals surface area contributed by atoms with E-state index in [-0.39, 0.29) is 12.1 Å². The summed E-state index contributed by atoms with van der Waals surface area (Å²) in [5.74, 6) is -1.24. The summed E-state index contributed by atoms with van der Waals surface area (Å²) in [6, 6.07) is -0.518. The number of hydrogen-bond donors (Lipinski definition) is 3. The third-order valence-corrected chi connectivity index (χ3v) is 2.38.